The second kappa shape index (κ2) is 13.3. The molecule has 0 aromatic heterocycles. The maximum atomic E-state index is 12.7. The molecule has 0 saturated carbocycles. The van der Waals surface area contributed by atoms with Gasteiger partial charge in [-0.25, -0.2) is 9.59 Å². The van der Waals surface area contributed by atoms with Gasteiger partial charge >= 0.3 is 12.0 Å². The molecule has 0 aliphatic rings. The summed E-state index contributed by atoms with van der Waals surface area (Å²) in [7, 11) is 0. The van der Waals surface area contributed by atoms with Crippen molar-refractivity contribution in [2.45, 2.75) is 59.2 Å². The highest BCUT2D eigenvalue weighted by molar-refractivity contribution is 5.97. The molecule has 0 bridgehead atoms. The molecule has 0 heterocycles. The lowest BCUT2D eigenvalue weighted by Crippen LogP contribution is -2.57. The third-order valence-corrected chi connectivity index (χ3v) is 4.92. The number of ketones is 1. The third kappa shape index (κ3) is 9.18. The van der Waals surface area contributed by atoms with Crippen molar-refractivity contribution >= 4 is 35.3 Å². The van der Waals surface area contributed by atoms with Crippen molar-refractivity contribution < 1.29 is 34.2 Å². The molecule has 1 aromatic carbocycles. The van der Waals surface area contributed by atoms with Gasteiger partial charge in [0.1, 0.15) is 18.1 Å². The standard InChI is InChI=1S/C23H34N4O7/c1-12(2)10-17(20(30)27-19(13(3)4)22(32)33)25-21(31)18(11-28)26-23(34)24-16-8-6-15(7-9-16)14(5)29/h6-9,12-13,17-19,28H,10-11H2,1-5H3,(H,25,31)(H,27,30)(H,32,33)(H2,24,26,34)/t17-,18-,19-/m0/s1. The quantitative estimate of drug-likeness (QED) is 0.244. The van der Waals surface area contributed by atoms with Crippen LogP contribution in [-0.4, -0.2) is 64.5 Å². The van der Waals surface area contributed by atoms with Gasteiger partial charge in [0.15, 0.2) is 5.78 Å². The first-order chi connectivity index (χ1) is 15.8. The van der Waals surface area contributed by atoms with Gasteiger partial charge in [0.2, 0.25) is 11.8 Å². The van der Waals surface area contributed by atoms with E-state index in [1.54, 1.807) is 13.8 Å². The Morgan fingerprint density at radius 3 is 1.85 bits per heavy atom. The zero-order chi connectivity index (χ0) is 26.0. The first-order valence-electron chi connectivity index (χ1n) is 11.0. The number of amides is 4. The highest BCUT2D eigenvalue weighted by Crippen LogP contribution is 2.11. The average Bonchev–Trinajstić information content (AvgIpc) is 2.74. The Kier molecular flexibility index (Phi) is 11.2. The number of carbonyl (C=O) groups is 5. The number of rotatable bonds is 12. The van der Waals surface area contributed by atoms with Crippen LogP contribution in [0.25, 0.3) is 0 Å². The van der Waals surface area contributed by atoms with E-state index in [1.807, 2.05) is 13.8 Å². The van der Waals surface area contributed by atoms with Gasteiger partial charge in [-0.2, -0.15) is 0 Å². The van der Waals surface area contributed by atoms with Crippen LogP contribution in [0.1, 0.15) is 51.4 Å². The van der Waals surface area contributed by atoms with Crippen molar-refractivity contribution in [3.63, 3.8) is 0 Å². The van der Waals surface area contributed by atoms with Gasteiger partial charge in [-0.1, -0.05) is 27.7 Å². The Labute approximate surface area is 198 Å². The summed E-state index contributed by atoms with van der Waals surface area (Å²) < 4.78 is 0. The van der Waals surface area contributed by atoms with Crippen molar-refractivity contribution in [1.82, 2.24) is 16.0 Å². The minimum atomic E-state index is -1.36. The van der Waals surface area contributed by atoms with E-state index in [4.69, 9.17) is 0 Å². The van der Waals surface area contributed by atoms with Crippen molar-refractivity contribution in [2.75, 3.05) is 11.9 Å². The molecule has 0 aliphatic heterocycles. The number of benzene rings is 1. The van der Waals surface area contributed by atoms with Crippen LogP contribution in [0, 0.1) is 11.8 Å². The first kappa shape index (κ1) is 28.6. The third-order valence-electron chi connectivity index (χ3n) is 4.92. The summed E-state index contributed by atoms with van der Waals surface area (Å²) in [5.41, 5.74) is 0.834. The van der Waals surface area contributed by atoms with Crippen LogP contribution in [0.5, 0.6) is 0 Å². The first-order valence-corrected chi connectivity index (χ1v) is 11.0. The Balaban J connectivity index is 2.84. The monoisotopic (exact) mass is 478 g/mol. The predicted octanol–water partition coefficient (Wildman–Crippen LogP) is 1.13. The van der Waals surface area contributed by atoms with Crippen LogP contribution in [0.15, 0.2) is 24.3 Å². The Hall–Kier alpha value is -3.47. The predicted molar refractivity (Wildman–Crippen MR) is 125 cm³/mol. The molecule has 34 heavy (non-hydrogen) atoms. The van der Waals surface area contributed by atoms with Crippen LogP contribution in [0.4, 0.5) is 10.5 Å². The normalized spacial score (nSPS) is 13.5. The number of hydrogen-bond donors (Lipinski definition) is 6. The lowest BCUT2D eigenvalue weighted by molar-refractivity contribution is -0.143. The van der Waals surface area contributed by atoms with Crippen LogP contribution in [-0.2, 0) is 14.4 Å². The molecule has 1 rings (SSSR count). The molecule has 6 N–H and O–H groups in total. The summed E-state index contributed by atoms with van der Waals surface area (Å²) >= 11 is 0. The zero-order valence-electron chi connectivity index (χ0n) is 20.0. The van der Waals surface area contributed by atoms with Crippen LogP contribution >= 0.6 is 0 Å². The van der Waals surface area contributed by atoms with Crippen molar-refractivity contribution in [1.29, 1.82) is 0 Å². The summed E-state index contributed by atoms with van der Waals surface area (Å²) in [6.45, 7) is 7.63. The number of Topliss-reactive ketones (excluding diaryl/α,β-unsaturated/α-hetero) is 1. The van der Waals surface area contributed by atoms with E-state index in [9.17, 15) is 34.2 Å². The van der Waals surface area contributed by atoms with Crippen molar-refractivity contribution in [3.05, 3.63) is 29.8 Å². The lowest BCUT2D eigenvalue weighted by atomic mass is 10.00. The number of aliphatic hydroxyl groups is 1. The molecule has 0 unspecified atom stereocenters. The molecular weight excluding hydrogens is 444 g/mol. The molecule has 0 fully saturated rings. The summed E-state index contributed by atoms with van der Waals surface area (Å²) in [5, 5.41) is 28.7. The molecular formula is C23H34N4O7. The number of carboxylic acid groups (broad SMARTS) is 1. The molecule has 0 radical (unpaired) electrons. The Morgan fingerprint density at radius 2 is 1.41 bits per heavy atom. The molecule has 0 saturated heterocycles. The fourth-order valence-corrected chi connectivity index (χ4v) is 3.05. The number of aliphatic hydroxyl groups excluding tert-OH is 1. The summed E-state index contributed by atoms with van der Waals surface area (Å²) in [6.07, 6.45) is 0.217. The molecule has 0 aliphatic carbocycles. The number of aliphatic carboxylic acids is 1. The van der Waals surface area contributed by atoms with Gasteiger partial charge in [0, 0.05) is 11.3 Å². The van der Waals surface area contributed by atoms with Crippen LogP contribution in [0.2, 0.25) is 0 Å². The highest BCUT2D eigenvalue weighted by atomic mass is 16.4. The molecule has 4 amide bonds. The van der Waals surface area contributed by atoms with E-state index in [1.165, 1.54) is 31.2 Å². The second-order valence-corrected chi connectivity index (χ2v) is 8.73. The topological polar surface area (TPSA) is 174 Å². The largest absolute Gasteiger partial charge is 0.480 e. The van der Waals surface area contributed by atoms with Gasteiger partial charge in [0.05, 0.1) is 6.61 Å². The van der Waals surface area contributed by atoms with E-state index >= 15 is 0 Å². The number of carbonyl (C=O) groups excluding carboxylic acids is 4. The zero-order valence-corrected chi connectivity index (χ0v) is 20.0. The van der Waals surface area contributed by atoms with Gasteiger partial charge in [-0.3, -0.25) is 14.4 Å². The van der Waals surface area contributed by atoms with E-state index in [2.05, 4.69) is 21.3 Å². The fourth-order valence-electron chi connectivity index (χ4n) is 3.05. The molecule has 11 nitrogen and oxygen atoms in total. The van der Waals surface area contributed by atoms with E-state index in [-0.39, 0.29) is 24.0 Å². The molecule has 1 aromatic rings. The minimum absolute atomic E-state index is 0.0137. The smallest absolute Gasteiger partial charge is 0.326 e. The number of hydrogen-bond acceptors (Lipinski definition) is 6. The maximum absolute atomic E-state index is 12.7. The Morgan fingerprint density at radius 1 is 0.853 bits per heavy atom. The number of carboxylic acids is 1. The Bertz CT molecular complexity index is 884. The van der Waals surface area contributed by atoms with Gasteiger partial charge in [-0.05, 0) is 49.4 Å². The molecule has 3 atom stereocenters. The van der Waals surface area contributed by atoms with E-state index in [0.717, 1.165) is 0 Å². The second-order valence-electron chi connectivity index (χ2n) is 8.73. The van der Waals surface area contributed by atoms with Gasteiger partial charge in [0.25, 0.3) is 0 Å². The maximum Gasteiger partial charge on any atom is 0.326 e. The molecule has 0 spiro atoms. The van der Waals surface area contributed by atoms with Crippen molar-refractivity contribution in [2.24, 2.45) is 11.8 Å². The average molecular weight is 479 g/mol. The summed E-state index contributed by atoms with van der Waals surface area (Å²) in [4.78, 5) is 60.4. The molecule has 11 heteroatoms. The lowest BCUT2D eigenvalue weighted by Gasteiger charge is -2.26. The highest BCUT2D eigenvalue weighted by Gasteiger charge is 2.31. The number of urea groups is 1. The SMILES string of the molecule is CC(=O)c1ccc(NC(=O)N[C@@H](CO)C(=O)N[C@@H](CC(C)C)C(=O)N[C@H](C(=O)O)C(C)C)cc1. The van der Waals surface area contributed by atoms with Crippen molar-refractivity contribution in [3.8, 4) is 0 Å². The van der Waals surface area contributed by atoms with Gasteiger partial charge < -0.3 is 31.5 Å². The molecule has 188 valence electrons. The minimum Gasteiger partial charge on any atom is -0.480 e. The van der Waals surface area contributed by atoms with E-state index < -0.39 is 48.5 Å². The number of nitrogens with one attached hydrogen (secondary N) is 4. The fraction of sp³-hybridized carbons (Fsp3) is 0.522. The van der Waals surface area contributed by atoms with E-state index in [0.29, 0.717) is 11.3 Å². The van der Waals surface area contributed by atoms with Crippen LogP contribution in [0.3, 0.4) is 0 Å². The van der Waals surface area contributed by atoms with Gasteiger partial charge in [-0.15, -0.1) is 0 Å². The summed E-state index contributed by atoms with van der Waals surface area (Å²) in [6, 6.07) is 1.76. The van der Waals surface area contributed by atoms with Crippen LogP contribution < -0.4 is 21.3 Å². The number of anilines is 1. The summed E-state index contributed by atoms with van der Waals surface area (Å²) in [5.74, 6) is -3.19.